The number of hydrogen-bond donors (Lipinski definition) is 0. The third kappa shape index (κ3) is 5.20. The van der Waals surface area contributed by atoms with Gasteiger partial charge in [-0.1, -0.05) is 29.8 Å². The number of ether oxygens (including phenoxy) is 3. The number of nitrogens with zero attached hydrogens (tertiary/aromatic N) is 2. The van der Waals surface area contributed by atoms with Gasteiger partial charge in [-0.05, 0) is 44.2 Å². The Kier molecular flexibility index (Phi) is 8.29. The van der Waals surface area contributed by atoms with E-state index in [-0.39, 0.29) is 50.2 Å². The monoisotopic (exact) mass is 538 g/mol. The first-order valence-corrected chi connectivity index (χ1v) is 12.4. The molecule has 198 valence electrons. The number of esters is 2. The molecule has 38 heavy (non-hydrogen) atoms. The molecule has 0 fully saturated rings. The topological polar surface area (TPSA) is 102 Å². The van der Waals surface area contributed by atoms with Crippen molar-refractivity contribution in [2.75, 3.05) is 38.4 Å². The number of benzene rings is 2. The van der Waals surface area contributed by atoms with E-state index in [1.54, 1.807) is 67.3 Å². The van der Waals surface area contributed by atoms with E-state index in [4.69, 9.17) is 25.8 Å². The van der Waals surface area contributed by atoms with Crippen LogP contribution in [-0.4, -0.2) is 62.1 Å². The number of methoxy groups -OCH3 is 1. The first-order valence-electron chi connectivity index (χ1n) is 12.0. The van der Waals surface area contributed by atoms with Gasteiger partial charge in [-0.3, -0.25) is 14.5 Å². The fourth-order valence-electron chi connectivity index (χ4n) is 4.51. The SMILES string of the molecule is CCOC(=O)C1=C(COCCN2C(=O)c3ccccc3C2=O)N(c2cccc(Cl)c2)C(C)=C(C(=O)OC)C1. The number of hydrogen-bond acceptors (Lipinski definition) is 8. The first kappa shape index (κ1) is 27.1. The molecule has 4 rings (SSSR count). The van der Waals surface area contributed by atoms with Gasteiger partial charge in [0.1, 0.15) is 0 Å². The van der Waals surface area contributed by atoms with Crippen molar-refractivity contribution in [2.45, 2.75) is 20.3 Å². The average molecular weight is 539 g/mol. The number of carbonyl (C=O) groups excluding carboxylic acids is 4. The van der Waals surface area contributed by atoms with Crippen molar-refractivity contribution in [3.8, 4) is 0 Å². The highest BCUT2D eigenvalue weighted by Crippen LogP contribution is 2.37. The van der Waals surface area contributed by atoms with Gasteiger partial charge in [0.15, 0.2) is 0 Å². The van der Waals surface area contributed by atoms with E-state index in [1.807, 2.05) is 0 Å². The van der Waals surface area contributed by atoms with Crippen molar-refractivity contribution in [2.24, 2.45) is 0 Å². The zero-order chi connectivity index (χ0) is 27.4. The Bertz CT molecular complexity index is 1330. The van der Waals surface area contributed by atoms with E-state index in [0.29, 0.717) is 38.8 Å². The Balaban J connectivity index is 1.61. The predicted molar refractivity (Wildman–Crippen MR) is 140 cm³/mol. The maximum Gasteiger partial charge on any atom is 0.336 e. The second kappa shape index (κ2) is 11.6. The van der Waals surface area contributed by atoms with Gasteiger partial charge in [-0.2, -0.15) is 0 Å². The predicted octanol–water partition coefficient (Wildman–Crippen LogP) is 4.13. The minimum atomic E-state index is -0.590. The van der Waals surface area contributed by atoms with E-state index < -0.39 is 11.9 Å². The standard InChI is InChI=1S/C28H27ClN2O7/c1-4-38-28(35)23-15-22(27(34)36-3)17(2)31(19-9-7-8-18(29)14-19)24(23)16-37-13-12-30-25(32)20-10-5-6-11-21(20)26(30)33/h5-11,14H,4,12-13,15-16H2,1-3H3. The molecular weight excluding hydrogens is 512 g/mol. The molecular formula is C28H27ClN2O7. The molecule has 2 heterocycles. The summed E-state index contributed by atoms with van der Waals surface area (Å²) < 4.78 is 16.2. The second-order valence-electron chi connectivity index (χ2n) is 8.55. The first-order chi connectivity index (χ1) is 18.3. The van der Waals surface area contributed by atoms with Crippen LogP contribution in [0.4, 0.5) is 5.69 Å². The summed E-state index contributed by atoms with van der Waals surface area (Å²) in [7, 11) is 1.28. The number of fused-ring (bicyclic) bond motifs is 1. The molecule has 2 aromatic carbocycles. The molecule has 2 aliphatic heterocycles. The number of allylic oxidation sites excluding steroid dienone is 1. The highest BCUT2D eigenvalue weighted by Gasteiger charge is 2.36. The summed E-state index contributed by atoms with van der Waals surface area (Å²) in [6, 6.07) is 13.6. The van der Waals surface area contributed by atoms with Crippen LogP contribution in [0.15, 0.2) is 71.1 Å². The lowest BCUT2D eigenvalue weighted by Crippen LogP contribution is -2.35. The molecule has 0 saturated carbocycles. The molecule has 2 amide bonds. The van der Waals surface area contributed by atoms with Crippen molar-refractivity contribution >= 4 is 41.0 Å². The van der Waals surface area contributed by atoms with Gasteiger partial charge >= 0.3 is 11.9 Å². The van der Waals surface area contributed by atoms with Gasteiger partial charge in [0, 0.05) is 22.8 Å². The molecule has 0 aromatic heterocycles. The zero-order valence-electron chi connectivity index (χ0n) is 21.3. The Morgan fingerprint density at radius 2 is 1.66 bits per heavy atom. The zero-order valence-corrected chi connectivity index (χ0v) is 22.0. The summed E-state index contributed by atoms with van der Waals surface area (Å²) in [5.74, 6) is -1.91. The molecule has 2 aliphatic rings. The Morgan fingerprint density at radius 3 is 2.26 bits per heavy atom. The van der Waals surface area contributed by atoms with Gasteiger partial charge in [-0.25, -0.2) is 9.59 Å². The van der Waals surface area contributed by atoms with Crippen LogP contribution < -0.4 is 4.90 Å². The van der Waals surface area contributed by atoms with Crippen LogP contribution in [0.5, 0.6) is 0 Å². The van der Waals surface area contributed by atoms with Crippen molar-refractivity contribution in [3.05, 3.63) is 87.2 Å². The van der Waals surface area contributed by atoms with Gasteiger partial charge < -0.3 is 19.1 Å². The molecule has 2 aromatic rings. The maximum absolute atomic E-state index is 13.0. The number of amides is 2. The fourth-order valence-corrected chi connectivity index (χ4v) is 4.70. The molecule has 0 unspecified atom stereocenters. The molecule has 0 saturated heterocycles. The van der Waals surface area contributed by atoms with Crippen LogP contribution in [-0.2, 0) is 23.8 Å². The van der Waals surface area contributed by atoms with Gasteiger partial charge in [0.25, 0.3) is 11.8 Å². The lowest BCUT2D eigenvalue weighted by Gasteiger charge is -2.35. The number of anilines is 1. The lowest BCUT2D eigenvalue weighted by molar-refractivity contribution is -0.138. The maximum atomic E-state index is 13.0. The van der Waals surface area contributed by atoms with Crippen LogP contribution in [0, 0.1) is 0 Å². The average Bonchev–Trinajstić information content (AvgIpc) is 3.15. The van der Waals surface area contributed by atoms with Crippen LogP contribution in [0.3, 0.4) is 0 Å². The lowest BCUT2D eigenvalue weighted by atomic mass is 9.95. The van der Waals surface area contributed by atoms with Crippen molar-refractivity contribution in [1.82, 2.24) is 4.90 Å². The van der Waals surface area contributed by atoms with Crippen molar-refractivity contribution < 1.29 is 33.4 Å². The molecule has 9 nitrogen and oxygen atoms in total. The smallest absolute Gasteiger partial charge is 0.336 e. The highest BCUT2D eigenvalue weighted by atomic mass is 35.5. The highest BCUT2D eigenvalue weighted by molar-refractivity contribution is 6.30. The van der Waals surface area contributed by atoms with Crippen molar-refractivity contribution in [1.29, 1.82) is 0 Å². The minimum Gasteiger partial charge on any atom is -0.466 e. The summed E-state index contributed by atoms with van der Waals surface area (Å²) in [5, 5.41) is 0.462. The fraction of sp³-hybridized carbons (Fsp3) is 0.286. The van der Waals surface area contributed by atoms with Crippen LogP contribution in [0.2, 0.25) is 5.02 Å². The molecule has 0 aliphatic carbocycles. The van der Waals surface area contributed by atoms with E-state index in [0.717, 1.165) is 4.90 Å². The Labute approximate surface area is 225 Å². The molecule has 0 spiro atoms. The van der Waals surface area contributed by atoms with Crippen LogP contribution in [0.1, 0.15) is 41.0 Å². The van der Waals surface area contributed by atoms with Crippen molar-refractivity contribution in [3.63, 3.8) is 0 Å². The largest absolute Gasteiger partial charge is 0.466 e. The van der Waals surface area contributed by atoms with Gasteiger partial charge in [-0.15, -0.1) is 0 Å². The third-order valence-electron chi connectivity index (χ3n) is 6.34. The summed E-state index contributed by atoms with van der Waals surface area (Å²) in [6.07, 6.45) is -0.00843. The van der Waals surface area contributed by atoms with E-state index in [1.165, 1.54) is 7.11 Å². The summed E-state index contributed by atoms with van der Waals surface area (Å²) in [5.41, 5.74) is 2.87. The van der Waals surface area contributed by atoms with E-state index >= 15 is 0 Å². The number of halogens is 1. The summed E-state index contributed by atoms with van der Waals surface area (Å²) in [6.45, 7) is 3.58. The molecule has 0 bridgehead atoms. The Hall–Kier alpha value is -3.95. The van der Waals surface area contributed by atoms with E-state index in [2.05, 4.69) is 0 Å². The normalized spacial score (nSPS) is 15.3. The van der Waals surface area contributed by atoms with E-state index in [9.17, 15) is 19.2 Å². The molecule has 0 atom stereocenters. The van der Waals surface area contributed by atoms with Gasteiger partial charge in [0.2, 0.25) is 0 Å². The second-order valence-corrected chi connectivity index (χ2v) is 8.99. The third-order valence-corrected chi connectivity index (χ3v) is 6.58. The number of rotatable bonds is 9. The number of carbonyl (C=O) groups is 4. The minimum absolute atomic E-state index is 0.00843. The summed E-state index contributed by atoms with van der Waals surface area (Å²) in [4.78, 5) is 53.8. The number of imide groups is 1. The van der Waals surface area contributed by atoms with Gasteiger partial charge in [0.05, 0.1) is 61.4 Å². The molecule has 0 radical (unpaired) electrons. The Morgan fingerprint density at radius 1 is 0.974 bits per heavy atom. The quantitative estimate of drug-likeness (QED) is 0.267. The van der Waals surface area contributed by atoms with Crippen LogP contribution in [0.25, 0.3) is 0 Å². The molecule has 10 heteroatoms. The summed E-state index contributed by atoms with van der Waals surface area (Å²) >= 11 is 6.26. The molecule has 0 N–H and O–H groups in total. The van der Waals surface area contributed by atoms with Crippen LogP contribution >= 0.6 is 11.6 Å².